The summed E-state index contributed by atoms with van der Waals surface area (Å²) in [5.74, 6) is 2.47. The smallest absolute Gasteiger partial charge is 0.156 e. The molecule has 0 saturated carbocycles. The van der Waals surface area contributed by atoms with Crippen molar-refractivity contribution in [3.8, 4) is 6.07 Å². The van der Waals surface area contributed by atoms with E-state index in [1.165, 1.54) is 0 Å². The molecule has 0 amide bonds. The largest absolute Gasteiger partial charge is 0.376 e. The molecule has 3 rings (SSSR count). The Morgan fingerprint density at radius 3 is 3.00 bits per heavy atom. The predicted molar refractivity (Wildman–Crippen MR) is 85.2 cm³/mol. The van der Waals surface area contributed by atoms with Crippen LogP contribution in [-0.2, 0) is 4.74 Å². The highest BCUT2D eigenvalue weighted by Crippen LogP contribution is 2.30. The van der Waals surface area contributed by atoms with E-state index in [1.54, 1.807) is 6.20 Å². The molecule has 0 radical (unpaired) electrons. The van der Waals surface area contributed by atoms with Gasteiger partial charge < -0.3 is 9.64 Å². The number of likely N-dealkylation sites (N-methyl/N-ethyl adjacent to an activating group) is 1. The Balaban J connectivity index is 1.79. The standard InChI is InChI=1S/C16H20N6O/c1-10-4-6-18-16(13(10)8-17)22(3)9-14-12(5-7-23-14)15-19-11(2)20-21-15/h4,6,12,14H,5,7,9H2,1-3H3,(H,19,20,21)/t12-,14-/m1/s1. The summed E-state index contributed by atoms with van der Waals surface area (Å²) in [6, 6.07) is 4.09. The molecule has 2 aromatic heterocycles. The number of aromatic nitrogens is 4. The number of ether oxygens (including phenoxy) is 1. The molecule has 1 aliphatic heterocycles. The molecule has 0 aliphatic carbocycles. The minimum absolute atomic E-state index is 0.0101. The van der Waals surface area contributed by atoms with Gasteiger partial charge in [-0.1, -0.05) is 0 Å². The van der Waals surface area contributed by atoms with Crippen LogP contribution in [0.25, 0.3) is 0 Å². The third-order valence-electron chi connectivity index (χ3n) is 4.22. The Bertz CT molecular complexity index is 734. The Hall–Kier alpha value is -2.46. The van der Waals surface area contributed by atoms with Crippen LogP contribution in [0.1, 0.15) is 35.1 Å². The molecule has 7 nitrogen and oxygen atoms in total. The van der Waals surface area contributed by atoms with Crippen LogP contribution in [0.4, 0.5) is 5.82 Å². The summed E-state index contributed by atoms with van der Waals surface area (Å²) in [6.45, 7) is 5.15. The molecular weight excluding hydrogens is 292 g/mol. The van der Waals surface area contributed by atoms with Gasteiger partial charge in [-0.25, -0.2) is 9.97 Å². The first-order chi connectivity index (χ1) is 11.1. The molecular formula is C16H20N6O. The van der Waals surface area contributed by atoms with E-state index in [0.717, 1.165) is 23.6 Å². The van der Waals surface area contributed by atoms with Crippen molar-refractivity contribution in [3.63, 3.8) is 0 Å². The molecule has 1 aliphatic rings. The van der Waals surface area contributed by atoms with Crippen LogP contribution in [0.2, 0.25) is 0 Å². The fourth-order valence-corrected chi connectivity index (χ4v) is 2.98. The van der Waals surface area contributed by atoms with Gasteiger partial charge >= 0.3 is 0 Å². The Kier molecular flexibility index (Phi) is 4.26. The number of aryl methyl sites for hydroxylation is 2. The third-order valence-corrected chi connectivity index (χ3v) is 4.22. The first kappa shape index (κ1) is 15.4. The van der Waals surface area contributed by atoms with Crippen LogP contribution in [0.15, 0.2) is 12.3 Å². The average Bonchev–Trinajstić information content (AvgIpc) is 3.15. The predicted octanol–water partition coefficient (Wildman–Crippen LogP) is 1.70. The van der Waals surface area contributed by atoms with Gasteiger partial charge in [0, 0.05) is 26.4 Å². The Labute approximate surface area is 135 Å². The lowest BCUT2D eigenvalue weighted by molar-refractivity contribution is 0.108. The van der Waals surface area contributed by atoms with Gasteiger partial charge in [-0.15, -0.1) is 0 Å². The van der Waals surface area contributed by atoms with Crippen LogP contribution in [0.3, 0.4) is 0 Å². The lowest BCUT2D eigenvalue weighted by Gasteiger charge is -2.25. The van der Waals surface area contributed by atoms with Crippen molar-refractivity contribution < 1.29 is 4.74 Å². The quantitative estimate of drug-likeness (QED) is 0.924. The second kappa shape index (κ2) is 6.34. The number of nitrogens with zero attached hydrogens (tertiary/aromatic N) is 5. The van der Waals surface area contributed by atoms with E-state index >= 15 is 0 Å². The molecule has 0 unspecified atom stereocenters. The van der Waals surface area contributed by atoms with Crippen molar-refractivity contribution in [2.75, 3.05) is 25.1 Å². The van der Waals surface area contributed by atoms with Crippen LogP contribution in [0, 0.1) is 25.2 Å². The number of nitriles is 1. The molecule has 120 valence electrons. The normalized spacial score (nSPS) is 20.4. The number of H-pyrrole nitrogens is 1. The average molecular weight is 312 g/mol. The van der Waals surface area contributed by atoms with Crippen LogP contribution >= 0.6 is 0 Å². The maximum Gasteiger partial charge on any atom is 0.156 e. The van der Waals surface area contributed by atoms with Crippen LogP contribution in [-0.4, -0.2) is 46.5 Å². The molecule has 0 spiro atoms. The SMILES string of the molecule is Cc1nc([C@@H]2CCO[C@@H]2CN(C)c2nccc(C)c2C#N)n[nH]1. The maximum atomic E-state index is 9.37. The topological polar surface area (TPSA) is 90.7 Å². The second-order valence-electron chi connectivity index (χ2n) is 5.90. The molecule has 23 heavy (non-hydrogen) atoms. The van der Waals surface area contributed by atoms with Crippen LogP contribution in [0.5, 0.6) is 0 Å². The third kappa shape index (κ3) is 3.03. The monoisotopic (exact) mass is 312 g/mol. The molecule has 1 N–H and O–H groups in total. The fourth-order valence-electron chi connectivity index (χ4n) is 2.98. The molecule has 0 bridgehead atoms. The van der Waals surface area contributed by atoms with E-state index in [9.17, 15) is 5.26 Å². The minimum atomic E-state index is -0.0101. The zero-order valence-electron chi connectivity index (χ0n) is 13.6. The van der Waals surface area contributed by atoms with Gasteiger partial charge in [0.25, 0.3) is 0 Å². The van der Waals surface area contributed by atoms with E-state index in [1.807, 2.05) is 31.9 Å². The van der Waals surface area contributed by atoms with Gasteiger partial charge in [0.1, 0.15) is 17.7 Å². The summed E-state index contributed by atoms with van der Waals surface area (Å²) in [5, 5.41) is 16.5. The second-order valence-corrected chi connectivity index (χ2v) is 5.90. The molecule has 1 saturated heterocycles. The lowest BCUT2D eigenvalue weighted by Crippen LogP contribution is -2.33. The first-order valence-corrected chi connectivity index (χ1v) is 7.67. The summed E-state index contributed by atoms with van der Waals surface area (Å²) < 4.78 is 5.88. The van der Waals surface area contributed by atoms with Gasteiger partial charge in [0.2, 0.25) is 0 Å². The number of nitrogens with one attached hydrogen (secondary N) is 1. The number of anilines is 1. The maximum absolute atomic E-state index is 9.37. The number of aromatic amines is 1. The van der Waals surface area contributed by atoms with Crippen molar-refractivity contribution in [2.24, 2.45) is 0 Å². The zero-order valence-corrected chi connectivity index (χ0v) is 13.6. The van der Waals surface area contributed by atoms with Gasteiger partial charge in [-0.05, 0) is 31.9 Å². The lowest BCUT2D eigenvalue weighted by atomic mass is 10.00. The highest BCUT2D eigenvalue weighted by atomic mass is 16.5. The first-order valence-electron chi connectivity index (χ1n) is 7.67. The highest BCUT2D eigenvalue weighted by molar-refractivity contribution is 5.56. The number of rotatable bonds is 4. The molecule has 7 heteroatoms. The van der Waals surface area contributed by atoms with E-state index in [-0.39, 0.29) is 12.0 Å². The number of pyridine rings is 1. The highest BCUT2D eigenvalue weighted by Gasteiger charge is 2.33. The summed E-state index contributed by atoms with van der Waals surface area (Å²) in [7, 11) is 1.94. The molecule has 2 aromatic rings. The Morgan fingerprint density at radius 1 is 1.48 bits per heavy atom. The van der Waals surface area contributed by atoms with E-state index in [4.69, 9.17) is 4.74 Å². The molecule has 0 aromatic carbocycles. The van der Waals surface area contributed by atoms with E-state index < -0.39 is 0 Å². The van der Waals surface area contributed by atoms with E-state index in [0.29, 0.717) is 24.5 Å². The van der Waals surface area contributed by atoms with Crippen LogP contribution < -0.4 is 4.90 Å². The summed E-state index contributed by atoms with van der Waals surface area (Å²) in [4.78, 5) is 10.8. The number of hydrogen-bond donors (Lipinski definition) is 1. The summed E-state index contributed by atoms with van der Waals surface area (Å²) >= 11 is 0. The molecule has 2 atom stereocenters. The van der Waals surface area contributed by atoms with Crippen molar-refractivity contribution in [3.05, 3.63) is 35.0 Å². The van der Waals surface area contributed by atoms with Gasteiger partial charge in [-0.2, -0.15) is 10.4 Å². The fraction of sp³-hybridized carbons (Fsp3) is 0.500. The van der Waals surface area contributed by atoms with E-state index in [2.05, 4.69) is 26.2 Å². The zero-order chi connectivity index (χ0) is 16.4. The molecule has 1 fully saturated rings. The van der Waals surface area contributed by atoms with Crippen molar-refractivity contribution in [2.45, 2.75) is 32.3 Å². The summed E-state index contributed by atoms with van der Waals surface area (Å²) in [5.41, 5.74) is 1.54. The van der Waals surface area contributed by atoms with Crippen molar-refractivity contribution in [1.82, 2.24) is 20.2 Å². The van der Waals surface area contributed by atoms with Gasteiger partial charge in [0.05, 0.1) is 17.6 Å². The van der Waals surface area contributed by atoms with Gasteiger partial charge in [-0.3, -0.25) is 5.10 Å². The van der Waals surface area contributed by atoms with Crippen molar-refractivity contribution in [1.29, 1.82) is 5.26 Å². The minimum Gasteiger partial charge on any atom is -0.376 e. The Morgan fingerprint density at radius 2 is 2.30 bits per heavy atom. The van der Waals surface area contributed by atoms with Gasteiger partial charge in [0.15, 0.2) is 5.82 Å². The summed E-state index contributed by atoms with van der Waals surface area (Å²) in [6.07, 6.45) is 2.62. The number of hydrogen-bond acceptors (Lipinski definition) is 6. The van der Waals surface area contributed by atoms with Crippen molar-refractivity contribution >= 4 is 5.82 Å². The molecule has 3 heterocycles.